The molecule has 1 aromatic heterocycles. The molecule has 3 rings (SSSR count). The van der Waals surface area contributed by atoms with Crippen molar-refractivity contribution < 1.29 is 19.1 Å². The molecule has 2 fully saturated rings. The van der Waals surface area contributed by atoms with Gasteiger partial charge in [0.05, 0.1) is 24.8 Å². The molecule has 4 atom stereocenters. The van der Waals surface area contributed by atoms with Crippen molar-refractivity contribution in [2.45, 2.75) is 63.9 Å². The third-order valence-corrected chi connectivity index (χ3v) is 4.64. The summed E-state index contributed by atoms with van der Waals surface area (Å²) in [5.41, 5.74) is -0.460. The Hall–Kier alpha value is -1.53. The number of aryl methyl sites for hydroxylation is 2. The first kappa shape index (κ1) is 15.4. The maximum Gasteiger partial charge on any atom is 0.315 e. The van der Waals surface area contributed by atoms with Crippen molar-refractivity contribution in [3.63, 3.8) is 0 Å². The number of hydrogen-bond donors (Lipinski definition) is 3. The lowest BCUT2D eigenvalue weighted by atomic mass is 9.95. The van der Waals surface area contributed by atoms with Gasteiger partial charge in [0.15, 0.2) is 0 Å². The molecule has 2 amide bonds. The van der Waals surface area contributed by atoms with Gasteiger partial charge in [0, 0.05) is 5.56 Å². The van der Waals surface area contributed by atoms with Gasteiger partial charge in [0.2, 0.25) is 0 Å². The second-order valence-corrected chi connectivity index (χ2v) is 6.64. The molecule has 2 aliphatic heterocycles. The Kier molecular flexibility index (Phi) is 3.91. The van der Waals surface area contributed by atoms with Crippen molar-refractivity contribution in [3.05, 3.63) is 23.2 Å². The van der Waals surface area contributed by atoms with E-state index in [1.807, 2.05) is 13.8 Å². The largest absolute Gasteiger partial charge is 0.466 e. The summed E-state index contributed by atoms with van der Waals surface area (Å²) in [6.07, 6.45) is 3.44. The number of urea groups is 1. The smallest absolute Gasteiger partial charge is 0.315 e. The molecule has 6 nitrogen and oxygen atoms in total. The van der Waals surface area contributed by atoms with Crippen LogP contribution < -0.4 is 10.6 Å². The monoisotopic (exact) mass is 308 g/mol. The number of aliphatic hydroxyl groups is 1. The molecule has 2 aliphatic rings. The van der Waals surface area contributed by atoms with Crippen molar-refractivity contribution in [2.24, 2.45) is 0 Å². The lowest BCUT2D eigenvalue weighted by Gasteiger charge is -2.25. The maximum absolute atomic E-state index is 12.0. The van der Waals surface area contributed by atoms with Gasteiger partial charge in [-0.25, -0.2) is 4.79 Å². The van der Waals surface area contributed by atoms with Crippen LogP contribution in [0.15, 0.2) is 10.5 Å². The second-order valence-electron chi connectivity index (χ2n) is 6.64. The van der Waals surface area contributed by atoms with Crippen LogP contribution in [0.2, 0.25) is 0 Å². The van der Waals surface area contributed by atoms with Crippen molar-refractivity contribution in [1.29, 1.82) is 0 Å². The van der Waals surface area contributed by atoms with Crippen LogP contribution in [0.5, 0.6) is 0 Å². The molecule has 3 heterocycles. The topological polar surface area (TPSA) is 83.7 Å². The first-order valence-electron chi connectivity index (χ1n) is 7.85. The van der Waals surface area contributed by atoms with Gasteiger partial charge < -0.3 is 24.9 Å². The number of rotatable bonds is 4. The van der Waals surface area contributed by atoms with E-state index in [1.165, 1.54) is 0 Å². The van der Waals surface area contributed by atoms with E-state index in [2.05, 4.69) is 10.6 Å². The number of nitrogens with one attached hydrogen (secondary N) is 2. The van der Waals surface area contributed by atoms with E-state index in [1.54, 1.807) is 13.0 Å². The van der Waals surface area contributed by atoms with Gasteiger partial charge in [-0.3, -0.25) is 0 Å². The predicted molar refractivity (Wildman–Crippen MR) is 80.6 cm³/mol. The molecule has 1 aromatic rings. The van der Waals surface area contributed by atoms with Gasteiger partial charge in [-0.15, -0.1) is 0 Å². The minimum absolute atomic E-state index is 0.0848. The summed E-state index contributed by atoms with van der Waals surface area (Å²) in [5, 5.41) is 16.3. The average Bonchev–Trinajstić information content (AvgIpc) is 3.12. The summed E-state index contributed by atoms with van der Waals surface area (Å²) >= 11 is 0. The van der Waals surface area contributed by atoms with Crippen molar-refractivity contribution in [1.82, 2.24) is 10.6 Å². The molecular formula is C16H24N2O4. The summed E-state index contributed by atoms with van der Waals surface area (Å²) in [5.74, 6) is 1.42. The molecule has 122 valence electrons. The molecule has 22 heavy (non-hydrogen) atoms. The summed E-state index contributed by atoms with van der Waals surface area (Å²) in [6, 6.07) is 1.62. The van der Waals surface area contributed by atoms with Gasteiger partial charge >= 0.3 is 6.03 Å². The van der Waals surface area contributed by atoms with E-state index in [9.17, 15) is 9.90 Å². The van der Waals surface area contributed by atoms with Crippen LogP contribution in [0.3, 0.4) is 0 Å². The van der Waals surface area contributed by atoms with E-state index in [0.29, 0.717) is 17.4 Å². The lowest BCUT2D eigenvalue weighted by molar-refractivity contribution is 0.0575. The highest BCUT2D eigenvalue weighted by Gasteiger charge is 2.41. The number of hydrogen-bond acceptors (Lipinski definition) is 4. The van der Waals surface area contributed by atoms with E-state index in [-0.39, 0.29) is 24.7 Å². The van der Waals surface area contributed by atoms with Crippen molar-refractivity contribution in [2.75, 3.05) is 6.54 Å². The quantitative estimate of drug-likeness (QED) is 0.791. The molecule has 0 aliphatic carbocycles. The first-order chi connectivity index (χ1) is 10.3. The van der Waals surface area contributed by atoms with Crippen LogP contribution >= 0.6 is 0 Å². The first-order valence-corrected chi connectivity index (χ1v) is 7.85. The highest BCUT2D eigenvalue weighted by atomic mass is 16.5. The summed E-state index contributed by atoms with van der Waals surface area (Å²) in [7, 11) is 0. The number of amides is 2. The molecule has 2 saturated heterocycles. The number of fused-ring (bicyclic) bond motifs is 2. The summed E-state index contributed by atoms with van der Waals surface area (Å²) in [6.45, 7) is 5.44. The minimum Gasteiger partial charge on any atom is -0.466 e. The molecule has 0 radical (unpaired) electrons. The summed E-state index contributed by atoms with van der Waals surface area (Å²) in [4.78, 5) is 12.0. The Labute approximate surface area is 130 Å². The standard InChI is InChI=1S/C16H24N2O4/c1-9-6-12(10(2)21-9)16(3,20)8-17-15(19)18-13-7-11-4-5-14(13)22-11/h6,11,13-14,20H,4-5,7-8H2,1-3H3,(H2,17,18,19). The zero-order valence-corrected chi connectivity index (χ0v) is 13.3. The fourth-order valence-electron chi connectivity index (χ4n) is 3.52. The van der Waals surface area contributed by atoms with E-state index < -0.39 is 5.60 Å². The molecule has 6 heteroatoms. The lowest BCUT2D eigenvalue weighted by Crippen LogP contribution is -2.49. The van der Waals surface area contributed by atoms with Crippen molar-refractivity contribution in [3.8, 4) is 0 Å². The van der Waals surface area contributed by atoms with Crippen LogP contribution in [0.25, 0.3) is 0 Å². The van der Waals surface area contributed by atoms with Crippen LogP contribution in [0, 0.1) is 13.8 Å². The fraction of sp³-hybridized carbons (Fsp3) is 0.688. The number of ether oxygens (including phenoxy) is 1. The average molecular weight is 308 g/mol. The van der Waals surface area contributed by atoms with Crippen LogP contribution in [0.1, 0.15) is 43.3 Å². The Morgan fingerprint density at radius 1 is 1.45 bits per heavy atom. The van der Waals surface area contributed by atoms with E-state index >= 15 is 0 Å². The highest BCUT2D eigenvalue weighted by molar-refractivity contribution is 5.74. The molecule has 0 aromatic carbocycles. The third kappa shape index (κ3) is 2.98. The molecule has 4 unspecified atom stereocenters. The van der Waals surface area contributed by atoms with Gasteiger partial charge in [0.1, 0.15) is 17.1 Å². The molecule has 0 saturated carbocycles. The Balaban J connectivity index is 1.53. The molecule has 0 spiro atoms. The van der Waals surface area contributed by atoms with E-state index in [4.69, 9.17) is 9.15 Å². The van der Waals surface area contributed by atoms with Gasteiger partial charge in [0.25, 0.3) is 0 Å². The van der Waals surface area contributed by atoms with Gasteiger partial charge in [-0.05, 0) is 46.1 Å². The number of carbonyl (C=O) groups excluding carboxylic acids is 1. The zero-order valence-electron chi connectivity index (χ0n) is 13.3. The molecule has 3 N–H and O–H groups in total. The highest BCUT2D eigenvalue weighted by Crippen LogP contribution is 2.34. The predicted octanol–water partition coefficient (Wildman–Crippen LogP) is 1.72. The Morgan fingerprint density at radius 3 is 2.77 bits per heavy atom. The normalized spacial score (nSPS) is 29.4. The van der Waals surface area contributed by atoms with Gasteiger partial charge in [-0.2, -0.15) is 0 Å². The third-order valence-electron chi connectivity index (χ3n) is 4.64. The van der Waals surface area contributed by atoms with Crippen LogP contribution in [-0.4, -0.2) is 35.9 Å². The maximum atomic E-state index is 12.0. The zero-order chi connectivity index (χ0) is 15.9. The van der Waals surface area contributed by atoms with Crippen LogP contribution in [-0.2, 0) is 10.3 Å². The second kappa shape index (κ2) is 5.59. The molecule has 2 bridgehead atoms. The van der Waals surface area contributed by atoms with E-state index in [0.717, 1.165) is 25.0 Å². The van der Waals surface area contributed by atoms with Crippen LogP contribution in [0.4, 0.5) is 4.79 Å². The minimum atomic E-state index is -1.16. The summed E-state index contributed by atoms with van der Waals surface area (Å²) < 4.78 is 11.2. The molecular weight excluding hydrogens is 284 g/mol. The Bertz CT molecular complexity index is 566. The number of furan rings is 1. The van der Waals surface area contributed by atoms with Gasteiger partial charge in [-0.1, -0.05) is 0 Å². The Morgan fingerprint density at radius 2 is 2.23 bits per heavy atom. The van der Waals surface area contributed by atoms with Crippen molar-refractivity contribution >= 4 is 6.03 Å². The number of carbonyl (C=O) groups is 1. The SMILES string of the molecule is Cc1cc(C(C)(O)CNC(=O)NC2CC3CCC2O3)c(C)o1. The fourth-order valence-corrected chi connectivity index (χ4v) is 3.52.